The number of hydrogen-bond acceptors (Lipinski definition) is 2. The zero-order valence-electron chi connectivity index (χ0n) is 12.9. The molecule has 2 aromatic carbocycles. The summed E-state index contributed by atoms with van der Waals surface area (Å²) in [5.74, 6) is 0.0584. The second-order valence-electron chi connectivity index (χ2n) is 6.25. The van der Waals surface area contributed by atoms with Crippen LogP contribution < -0.4 is 0 Å². The van der Waals surface area contributed by atoms with Crippen LogP contribution in [0, 0.1) is 0 Å². The topological polar surface area (TPSA) is 33.1 Å². The molecule has 1 heterocycles. The third-order valence-corrected chi connectivity index (χ3v) is 4.86. The fraction of sp³-hybridized carbons (Fsp3) is 0.190. The Morgan fingerprint density at radius 1 is 0.913 bits per heavy atom. The highest BCUT2D eigenvalue weighted by molar-refractivity contribution is 5.45. The van der Waals surface area contributed by atoms with Gasteiger partial charge >= 0.3 is 0 Å². The standard InChI is InChI=1S/C21H19NO/c23-21(15-18-11-6-7-13-22-18)19-12-5-4-10-17(19)14-20(21)16-8-2-1-3-9-16/h1-13,20,23H,14-15H2/t20-,21-/m1/s1. The van der Waals surface area contributed by atoms with E-state index in [1.165, 1.54) is 11.1 Å². The Bertz CT molecular complexity index is 800. The molecular formula is C21H19NO. The number of rotatable bonds is 3. The molecule has 0 unspecified atom stereocenters. The van der Waals surface area contributed by atoms with Crippen LogP contribution in [-0.2, 0) is 18.4 Å². The molecule has 4 rings (SSSR count). The minimum atomic E-state index is -0.910. The maximum absolute atomic E-state index is 11.7. The quantitative estimate of drug-likeness (QED) is 0.797. The van der Waals surface area contributed by atoms with Crippen molar-refractivity contribution in [3.8, 4) is 0 Å². The average molecular weight is 301 g/mol. The van der Waals surface area contributed by atoms with Crippen LogP contribution in [0.2, 0.25) is 0 Å². The number of fused-ring (bicyclic) bond motifs is 1. The highest BCUT2D eigenvalue weighted by Gasteiger charge is 2.46. The molecule has 2 heteroatoms. The van der Waals surface area contributed by atoms with Crippen molar-refractivity contribution in [2.45, 2.75) is 24.4 Å². The number of benzene rings is 2. The molecule has 1 N–H and O–H groups in total. The Hall–Kier alpha value is -2.45. The Morgan fingerprint density at radius 2 is 1.65 bits per heavy atom. The van der Waals surface area contributed by atoms with Crippen molar-refractivity contribution < 1.29 is 5.11 Å². The lowest BCUT2D eigenvalue weighted by Gasteiger charge is -2.31. The van der Waals surface area contributed by atoms with E-state index in [9.17, 15) is 5.11 Å². The van der Waals surface area contributed by atoms with Crippen LogP contribution in [-0.4, -0.2) is 10.1 Å². The molecule has 114 valence electrons. The summed E-state index contributed by atoms with van der Waals surface area (Å²) in [5, 5.41) is 11.7. The van der Waals surface area contributed by atoms with E-state index in [1.807, 2.05) is 48.5 Å². The summed E-state index contributed by atoms with van der Waals surface area (Å²) in [4.78, 5) is 4.43. The van der Waals surface area contributed by atoms with E-state index in [4.69, 9.17) is 0 Å². The average Bonchev–Trinajstić information content (AvgIpc) is 2.90. The first-order valence-electron chi connectivity index (χ1n) is 8.03. The van der Waals surface area contributed by atoms with Gasteiger partial charge in [0.1, 0.15) is 5.60 Å². The van der Waals surface area contributed by atoms with Crippen molar-refractivity contribution in [1.82, 2.24) is 4.98 Å². The second-order valence-corrected chi connectivity index (χ2v) is 6.25. The van der Waals surface area contributed by atoms with E-state index >= 15 is 0 Å². The number of aromatic nitrogens is 1. The van der Waals surface area contributed by atoms with Crippen LogP contribution in [0.15, 0.2) is 79.0 Å². The van der Waals surface area contributed by atoms with E-state index in [0.29, 0.717) is 6.42 Å². The molecule has 2 atom stereocenters. The lowest BCUT2D eigenvalue weighted by molar-refractivity contribution is 0.0180. The number of hydrogen-bond donors (Lipinski definition) is 1. The highest BCUT2D eigenvalue weighted by atomic mass is 16.3. The molecular weight excluding hydrogens is 282 g/mol. The number of aliphatic hydroxyl groups is 1. The molecule has 23 heavy (non-hydrogen) atoms. The van der Waals surface area contributed by atoms with Crippen LogP contribution in [0.1, 0.15) is 28.3 Å². The third-order valence-electron chi connectivity index (χ3n) is 4.86. The van der Waals surface area contributed by atoms with Crippen molar-refractivity contribution >= 4 is 0 Å². The minimum Gasteiger partial charge on any atom is -0.384 e. The fourth-order valence-corrected chi connectivity index (χ4v) is 3.77. The lowest BCUT2D eigenvalue weighted by atomic mass is 9.79. The summed E-state index contributed by atoms with van der Waals surface area (Å²) in [6, 6.07) is 24.4. The van der Waals surface area contributed by atoms with E-state index in [1.54, 1.807) is 6.20 Å². The van der Waals surface area contributed by atoms with E-state index < -0.39 is 5.60 Å². The molecule has 0 saturated heterocycles. The van der Waals surface area contributed by atoms with Crippen LogP contribution in [0.25, 0.3) is 0 Å². The second kappa shape index (κ2) is 5.64. The Morgan fingerprint density at radius 3 is 2.43 bits per heavy atom. The van der Waals surface area contributed by atoms with Gasteiger partial charge in [-0.3, -0.25) is 4.98 Å². The van der Waals surface area contributed by atoms with Crippen molar-refractivity contribution in [3.05, 3.63) is 101 Å². The molecule has 1 aromatic heterocycles. The minimum absolute atomic E-state index is 0.0584. The Balaban J connectivity index is 1.81. The van der Waals surface area contributed by atoms with Crippen molar-refractivity contribution in [3.63, 3.8) is 0 Å². The Kier molecular flexibility index (Phi) is 3.47. The number of pyridine rings is 1. The van der Waals surface area contributed by atoms with Gasteiger partial charge in [0.2, 0.25) is 0 Å². The van der Waals surface area contributed by atoms with Gasteiger partial charge in [-0.05, 0) is 35.2 Å². The van der Waals surface area contributed by atoms with Crippen molar-refractivity contribution in [2.24, 2.45) is 0 Å². The van der Waals surface area contributed by atoms with Gasteiger partial charge in [0.05, 0.1) is 0 Å². The molecule has 1 aliphatic rings. The maximum atomic E-state index is 11.7. The van der Waals surface area contributed by atoms with Crippen molar-refractivity contribution in [1.29, 1.82) is 0 Å². The molecule has 0 amide bonds. The summed E-state index contributed by atoms with van der Waals surface area (Å²) in [7, 11) is 0. The first-order valence-corrected chi connectivity index (χ1v) is 8.03. The summed E-state index contributed by atoms with van der Waals surface area (Å²) in [6.07, 6.45) is 3.19. The summed E-state index contributed by atoms with van der Waals surface area (Å²) in [5.41, 5.74) is 3.47. The van der Waals surface area contributed by atoms with E-state index in [0.717, 1.165) is 17.7 Å². The summed E-state index contributed by atoms with van der Waals surface area (Å²) >= 11 is 0. The van der Waals surface area contributed by atoms with Crippen LogP contribution in [0.3, 0.4) is 0 Å². The monoisotopic (exact) mass is 301 g/mol. The van der Waals surface area contributed by atoms with Gasteiger partial charge in [-0.1, -0.05) is 60.7 Å². The first kappa shape index (κ1) is 14.2. The van der Waals surface area contributed by atoms with Crippen LogP contribution in [0.4, 0.5) is 0 Å². The molecule has 0 radical (unpaired) electrons. The lowest BCUT2D eigenvalue weighted by Crippen LogP contribution is -2.33. The van der Waals surface area contributed by atoms with Gasteiger partial charge < -0.3 is 5.11 Å². The van der Waals surface area contributed by atoms with Gasteiger partial charge in [-0.15, -0.1) is 0 Å². The van der Waals surface area contributed by atoms with Gasteiger partial charge in [-0.2, -0.15) is 0 Å². The van der Waals surface area contributed by atoms with Crippen LogP contribution in [0.5, 0.6) is 0 Å². The summed E-state index contributed by atoms with van der Waals surface area (Å²) in [6.45, 7) is 0. The van der Waals surface area contributed by atoms with E-state index in [-0.39, 0.29) is 5.92 Å². The Labute approximate surface area is 136 Å². The van der Waals surface area contributed by atoms with Gasteiger partial charge in [0, 0.05) is 24.2 Å². The molecule has 0 saturated carbocycles. The molecule has 1 aliphatic carbocycles. The molecule has 0 aliphatic heterocycles. The zero-order chi connectivity index (χ0) is 15.7. The maximum Gasteiger partial charge on any atom is 0.103 e. The third kappa shape index (κ3) is 2.45. The fourth-order valence-electron chi connectivity index (χ4n) is 3.77. The van der Waals surface area contributed by atoms with Gasteiger partial charge in [0.25, 0.3) is 0 Å². The molecule has 0 spiro atoms. The smallest absolute Gasteiger partial charge is 0.103 e. The zero-order valence-corrected chi connectivity index (χ0v) is 12.9. The molecule has 0 fully saturated rings. The predicted octanol–water partition coefficient (Wildman–Crippen LogP) is 3.85. The predicted molar refractivity (Wildman–Crippen MR) is 91.2 cm³/mol. The van der Waals surface area contributed by atoms with Gasteiger partial charge in [-0.25, -0.2) is 0 Å². The largest absolute Gasteiger partial charge is 0.384 e. The highest BCUT2D eigenvalue weighted by Crippen LogP contribution is 2.48. The first-order chi connectivity index (χ1) is 11.3. The molecule has 3 aromatic rings. The van der Waals surface area contributed by atoms with E-state index in [2.05, 4.69) is 29.2 Å². The summed E-state index contributed by atoms with van der Waals surface area (Å²) < 4.78 is 0. The molecule has 0 bridgehead atoms. The number of nitrogens with zero attached hydrogens (tertiary/aromatic N) is 1. The van der Waals surface area contributed by atoms with Crippen LogP contribution >= 0.6 is 0 Å². The van der Waals surface area contributed by atoms with Crippen molar-refractivity contribution in [2.75, 3.05) is 0 Å². The normalized spacial score (nSPS) is 22.7. The molecule has 2 nitrogen and oxygen atoms in total. The van der Waals surface area contributed by atoms with Gasteiger partial charge in [0.15, 0.2) is 0 Å². The SMILES string of the molecule is O[C@]1(Cc2ccccn2)c2ccccc2C[C@@H]1c1ccccc1.